The Morgan fingerprint density at radius 3 is 2.31 bits per heavy atom. The van der Waals surface area contributed by atoms with Crippen molar-refractivity contribution in [3.8, 4) is 17.6 Å². The standard InChI is InChI=1S/C20H22ClNO3S/c1-20(2,3)16-10-12-17(13-11-16)26(23,24)22-14-6-7-15-25-19-9-5-4-8-18(19)21/h4-5,8-13,22H,14-15H2,1-3H3. The van der Waals surface area contributed by atoms with Crippen molar-refractivity contribution < 1.29 is 13.2 Å². The molecule has 4 nitrogen and oxygen atoms in total. The van der Waals surface area contributed by atoms with Crippen LogP contribution < -0.4 is 9.46 Å². The number of para-hydroxylation sites is 1. The van der Waals surface area contributed by atoms with Gasteiger partial charge in [0.25, 0.3) is 0 Å². The lowest BCUT2D eigenvalue weighted by Gasteiger charge is -2.19. The molecule has 26 heavy (non-hydrogen) atoms. The summed E-state index contributed by atoms with van der Waals surface area (Å²) in [6, 6.07) is 14.0. The van der Waals surface area contributed by atoms with Gasteiger partial charge in [0.15, 0.2) is 0 Å². The molecule has 0 radical (unpaired) electrons. The zero-order valence-corrected chi connectivity index (χ0v) is 16.6. The Morgan fingerprint density at radius 2 is 1.69 bits per heavy atom. The summed E-state index contributed by atoms with van der Waals surface area (Å²) in [6.07, 6.45) is 0. The zero-order valence-electron chi connectivity index (χ0n) is 15.0. The minimum Gasteiger partial charge on any atom is -0.479 e. The third kappa shape index (κ3) is 5.77. The van der Waals surface area contributed by atoms with E-state index in [0.29, 0.717) is 10.8 Å². The van der Waals surface area contributed by atoms with Gasteiger partial charge in [0.1, 0.15) is 12.4 Å². The predicted octanol–water partition coefficient (Wildman–Crippen LogP) is 4.00. The van der Waals surface area contributed by atoms with Gasteiger partial charge in [0, 0.05) is 0 Å². The lowest BCUT2D eigenvalue weighted by atomic mass is 9.87. The number of halogens is 1. The molecule has 0 amide bonds. The van der Waals surface area contributed by atoms with Gasteiger partial charge in [-0.05, 0) is 35.2 Å². The highest BCUT2D eigenvalue weighted by atomic mass is 35.5. The molecular weight excluding hydrogens is 370 g/mol. The highest BCUT2D eigenvalue weighted by Crippen LogP contribution is 2.23. The van der Waals surface area contributed by atoms with Gasteiger partial charge < -0.3 is 4.74 Å². The number of sulfonamides is 1. The van der Waals surface area contributed by atoms with Gasteiger partial charge in [-0.3, -0.25) is 0 Å². The number of ether oxygens (including phenoxy) is 1. The molecule has 2 rings (SSSR count). The van der Waals surface area contributed by atoms with E-state index in [9.17, 15) is 8.42 Å². The molecule has 1 N–H and O–H groups in total. The Hall–Kier alpha value is -2.00. The first kappa shape index (κ1) is 20.3. The Labute approximate surface area is 160 Å². The Bertz CT molecular complexity index is 905. The number of benzene rings is 2. The average molecular weight is 392 g/mol. The van der Waals surface area contributed by atoms with Crippen LogP contribution in [0.5, 0.6) is 5.75 Å². The summed E-state index contributed by atoms with van der Waals surface area (Å²) in [4.78, 5) is 0.222. The van der Waals surface area contributed by atoms with Crippen molar-refractivity contribution in [3.05, 3.63) is 59.1 Å². The van der Waals surface area contributed by atoms with Crippen LogP contribution in [0.2, 0.25) is 5.02 Å². The van der Waals surface area contributed by atoms with Gasteiger partial charge >= 0.3 is 0 Å². The van der Waals surface area contributed by atoms with Crippen LogP contribution in [0.25, 0.3) is 0 Å². The first-order chi connectivity index (χ1) is 12.2. The molecule has 0 aromatic heterocycles. The van der Waals surface area contributed by atoms with Gasteiger partial charge in [-0.25, -0.2) is 8.42 Å². The monoisotopic (exact) mass is 391 g/mol. The Kier molecular flexibility index (Phi) is 6.71. The molecule has 0 spiro atoms. The highest BCUT2D eigenvalue weighted by molar-refractivity contribution is 7.89. The summed E-state index contributed by atoms with van der Waals surface area (Å²) < 4.78 is 32.4. The molecule has 0 aliphatic heterocycles. The Morgan fingerprint density at radius 1 is 1.04 bits per heavy atom. The van der Waals surface area contributed by atoms with Crippen LogP contribution in [0.4, 0.5) is 0 Å². The SMILES string of the molecule is CC(C)(C)c1ccc(S(=O)(=O)NCC#CCOc2ccccc2Cl)cc1. The van der Waals surface area contributed by atoms with Crippen LogP contribution in [-0.4, -0.2) is 21.6 Å². The van der Waals surface area contributed by atoms with E-state index in [0.717, 1.165) is 5.56 Å². The van der Waals surface area contributed by atoms with Crippen LogP contribution in [-0.2, 0) is 15.4 Å². The highest BCUT2D eigenvalue weighted by Gasteiger charge is 2.16. The van der Waals surface area contributed by atoms with E-state index < -0.39 is 10.0 Å². The largest absolute Gasteiger partial charge is 0.479 e. The van der Waals surface area contributed by atoms with E-state index in [1.54, 1.807) is 24.3 Å². The van der Waals surface area contributed by atoms with Crippen LogP contribution in [0.15, 0.2) is 53.4 Å². The van der Waals surface area contributed by atoms with Crippen molar-refractivity contribution in [1.82, 2.24) is 4.72 Å². The molecule has 0 bridgehead atoms. The summed E-state index contributed by atoms with van der Waals surface area (Å²) in [6.45, 7) is 6.38. The number of hydrogen-bond acceptors (Lipinski definition) is 3. The Balaban J connectivity index is 1.88. The van der Waals surface area contributed by atoms with Crippen molar-refractivity contribution in [3.63, 3.8) is 0 Å². The second-order valence-electron chi connectivity index (χ2n) is 6.67. The molecule has 2 aromatic carbocycles. The third-order valence-corrected chi connectivity index (χ3v) is 5.37. The number of hydrogen-bond donors (Lipinski definition) is 1. The van der Waals surface area contributed by atoms with E-state index >= 15 is 0 Å². The van der Waals surface area contributed by atoms with Crippen molar-refractivity contribution >= 4 is 21.6 Å². The second-order valence-corrected chi connectivity index (χ2v) is 8.85. The summed E-state index contributed by atoms with van der Waals surface area (Å²) in [7, 11) is -3.58. The lowest BCUT2D eigenvalue weighted by molar-refractivity contribution is 0.370. The summed E-state index contributed by atoms with van der Waals surface area (Å²) in [5.74, 6) is 6.03. The van der Waals surface area contributed by atoms with E-state index in [4.69, 9.17) is 16.3 Å². The summed E-state index contributed by atoms with van der Waals surface area (Å²) in [5, 5.41) is 0.508. The minimum absolute atomic E-state index is 0.00916. The van der Waals surface area contributed by atoms with Crippen molar-refractivity contribution in [1.29, 1.82) is 0 Å². The number of nitrogens with one attached hydrogen (secondary N) is 1. The maximum Gasteiger partial charge on any atom is 0.241 e. The third-order valence-electron chi connectivity index (χ3n) is 3.64. The summed E-state index contributed by atoms with van der Waals surface area (Å²) >= 11 is 5.97. The van der Waals surface area contributed by atoms with E-state index in [-0.39, 0.29) is 23.5 Å². The maximum absolute atomic E-state index is 12.3. The summed E-state index contributed by atoms with van der Waals surface area (Å²) in [5.41, 5.74) is 1.05. The molecular formula is C20H22ClNO3S. The first-order valence-electron chi connectivity index (χ1n) is 8.13. The van der Waals surface area contributed by atoms with Gasteiger partial charge in [-0.2, -0.15) is 4.72 Å². The quantitative estimate of drug-likeness (QED) is 0.784. The van der Waals surface area contributed by atoms with E-state index in [1.165, 1.54) is 0 Å². The maximum atomic E-state index is 12.3. The lowest BCUT2D eigenvalue weighted by Crippen LogP contribution is -2.24. The van der Waals surface area contributed by atoms with Gasteiger partial charge in [-0.1, -0.05) is 68.5 Å². The molecule has 138 valence electrons. The topological polar surface area (TPSA) is 55.4 Å². The molecule has 0 unspecified atom stereocenters. The van der Waals surface area contributed by atoms with Gasteiger partial charge in [0.2, 0.25) is 10.0 Å². The van der Waals surface area contributed by atoms with Gasteiger partial charge in [-0.15, -0.1) is 0 Å². The fourth-order valence-electron chi connectivity index (χ4n) is 2.14. The van der Waals surface area contributed by atoms with Gasteiger partial charge in [0.05, 0.1) is 16.5 Å². The van der Waals surface area contributed by atoms with Crippen LogP contribution in [0, 0.1) is 11.8 Å². The van der Waals surface area contributed by atoms with Crippen molar-refractivity contribution in [2.75, 3.05) is 13.2 Å². The number of rotatable bonds is 5. The zero-order chi connectivity index (χ0) is 19.2. The molecule has 0 atom stereocenters. The average Bonchev–Trinajstić information content (AvgIpc) is 2.59. The second kappa shape index (κ2) is 8.59. The predicted molar refractivity (Wildman–Crippen MR) is 105 cm³/mol. The fourth-order valence-corrected chi connectivity index (χ4v) is 3.25. The fraction of sp³-hybridized carbons (Fsp3) is 0.300. The minimum atomic E-state index is -3.58. The van der Waals surface area contributed by atoms with Crippen LogP contribution in [0.3, 0.4) is 0 Å². The van der Waals surface area contributed by atoms with Crippen LogP contribution >= 0.6 is 11.6 Å². The molecule has 0 saturated heterocycles. The van der Waals surface area contributed by atoms with Crippen molar-refractivity contribution in [2.24, 2.45) is 0 Å². The molecule has 6 heteroatoms. The smallest absolute Gasteiger partial charge is 0.241 e. The molecule has 0 fully saturated rings. The van der Waals surface area contributed by atoms with E-state index in [1.807, 2.05) is 24.3 Å². The first-order valence-corrected chi connectivity index (χ1v) is 9.99. The molecule has 0 saturated carbocycles. The van der Waals surface area contributed by atoms with E-state index in [2.05, 4.69) is 37.3 Å². The molecule has 2 aromatic rings. The molecule has 0 aliphatic carbocycles. The van der Waals surface area contributed by atoms with Crippen LogP contribution in [0.1, 0.15) is 26.3 Å². The van der Waals surface area contributed by atoms with Crippen molar-refractivity contribution in [2.45, 2.75) is 31.1 Å². The molecule has 0 aliphatic rings. The molecule has 0 heterocycles. The normalized spacial score (nSPS) is 11.5.